The van der Waals surface area contributed by atoms with Crippen LogP contribution in [0.15, 0.2) is 5.16 Å². The van der Waals surface area contributed by atoms with Gasteiger partial charge in [-0.15, -0.1) is 0 Å². The number of nitrogens with zero attached hydrogens (tertiary/aromatic N) is 2. The quantitative estimate of drug-likeness (QED) is 0.291. The molecule has 0 spiro atoms. The van der Waals surface area contributed by atoms with Gasteiger partial charge in [-0.2, -0.15) is 0 Å². The highest BCUT2D eigenvalue weighted by atomic mass is 32.2. The molecule has 0 amide bonds. The van der Waals surface area contributed by atoms with Crippen molar-refractivity contribution in [2.75, 3.05) is 12.8 Å². The first-order valence-electron chi connectivity index (χ1n) is 3.19. The first kappa shape index (κ1) is 8.80. The van der Waals surface area contributed by atoms with Crippen LogP contribution in [0.1, 0.15) is 6.92 Å². The van der Waals surface area contributed by atoms with Crippen molar-refractivity contribution in [1.29, 1.82) is 0 Å². The van der Waals surface area contributed by atoms with E-state index in [1.807, 2.05) is 18.9 Å². The highest BCUT2D eigenvalue weighted by molar-refractivity contribution is 8.23. The van der Waals surface area contributed by atoms with Crippen LogP contribution in [-0.2, 0) is 0 Å². The maximum absolute atomic E-state index is 8.39. The van der Waals surface area contributed by atoms with E-state index in [9.17, 15) is 0 Å². The summed E-state index contributed by atoms with van der Waals surface area (Å²) in [5, 5.41) is 11.4. The van der Waals surface area contributed by atoms with Gasteiger partial charge in [-0.05, 0) is 6.92 Å². The van der Waals surface area contributed by atoms with Crippen LogP contribution in [0.2, 0.25) is 0 Å². The molecule has 1 unspecified atom stereocenters. The predicted octanol–water partition coefficient (Wildman–Crippen LogP) is 1.17. The molecule has 0 aromatic rings. The molecule has 1 N–H and O–H groups in total. The predicted molar refractivity (Wildman–Crippen MR) is 51.5 cm³/mol. The van der Waals surface area contributed by atoms with E-state index in [1.165, 1.54) is 6.21 Å². The van der Waals surface area contributed by atoms with Crippen molar-refractivity contribution in [3.63, 3.8) is 0 Å². The molecule has 3 nitrogen and oxygen atoms in total. The average molecular weight is 190 g/mol. The summed E-state index contributed by atoms with van der Waals surface area (Å²) in [6.45, 7) is 1.99. The number of hydrogen-bond donors (Lipinski definition) is 1. The van der Waals surface area contributed by atoms with E-state index in [4.69, 9.17) is 17.4 Å². The lowest BCUT2D eigenvalue weighted by Crippen LogP contribution is -2.43. The SMILES string of the molecule is CN1C(=S)SCC1(C)C=NO. The van der Waals surface area contributed by atoms with E-state index in [-0.39, 0.29) is 5.54 Å². The Hall–Kier alpha value is -0.290. The van der Waals surface area contributed by atoms with Gasteiger partial charge in [-0.25, -0.2) is 0 Å². The molecule has 5 heteroatoms. The van der Waals surface area contributed by atoms with E-state index in [2.05, 4.69) is 5.16 Å². The maximum atomic E-state index is 8.39. The van der Waals surface area contributed by atoms with E-state index in [0.29, 0.717) is 0 Å². The van der Waals surface area contributed by atoms with Gasteiger partial charge >= 0.3 is 0 Å². The first-order chi connectivity index (χ1) is 5.10. The van der Waals surface area contributed by atoms with Crippen LogP contribution in [0, 0.1) is 0 Å². The minimum atomic E-state index is -0.212. The van der Waals surface area contributed by atoms with Crippen molar-refractivity contribution in [1.82, 2.24) is 4.90 Å². The Labute approximate surface area is 75.4 Å². The summed E-state index contributed by atoms with van der Waals surface area (Å²) < 4.78 is 0.854. The zero-order valence-electron chi connectivity index (χ0n) is 6.44. The molecule has 1 heterocycles. The van der Waals surface area contributed by atoms with Crippen LogP contribution in [-0.4, -0.2) is 39.0 Å². The standard InChI is InChI=1S/C6H10N2OS2/c1-6(3-7-9)4-11-5(10)8(6)2/h3,9H,4H2,1-2H3. The Bertz CT molecular complexity index is 207. The number of thioether (sulfide) groups is 1. The molecule has 0 bridgehead atoms. The number of rotatable bonds is 1. The molecule has 0 saturated carbocycles. The number of thiocarbonyl (C=S) groups is 1. The summed E-state index contributed by atoms with van der Waals surface area (Å²) >= 11 is 6.66. The fourth-order valence-electron chi connectivity index (χ4n) is 0.858. The van der Waals surface area contributed by atoms with Crippen LogP contribution in [0.25, 0.3) is 0 Å². The summed E-state index contributed by atoms with van der Waals surface area (Å²) in [4.78, 5) is 1.94. The molecule has 62 valence electrons. The number of hydrogen-bond acceptors (Lipinski definition) is 4. The van der Waals surface area contributed by atoms with E-state index < -0.39 is 0 Å². The van der Waals surface area contributed by atoms with Gasteiger partial charge < -0.3 is 10.1 Å². The fraction of sp³-hybridized carbons (Fsp3) is 0.667. The summed E-state index contributed by atoms with van der Waals surface area (Å²) in [7, 11) is 1.91. The molecule has 0 aliphatic carbocycles. The third-order valence-corrected chi connectivity index (χ3v) is 3.74. The third kappa shape index (κ3) is 1.49. The lowest BCUT2D eigenvalue weighted by Gasteiger charge is -2.27. The average Bonchev–Trinajstić information content (AvgIpc) is 2.19. The summed E-state index contributed by atoms with van der Waals surface area (Å²) in [6.07, 6.45) is 1.51. The Balaban J connectivity index is 2.80. The van der Waals surface area contributed by atoms with Crippen molar-refractivity contribution in [3.05, 3.63) is 0 Å². The fourth-order valence-corrected chi connectivity index (χ4v) is 2.33. The Morgan fingerprint density at radius 2 is 2.55 bits per heavy atom. The second-order valence-electron chi connectivity index (χ2n) is 2.72. The Morgan fingerprint density at radius 3 is 2.91 bits per heavy atom. The minimum Gasteiger partial charge on any atom is -0.411 e. The van der Waals surface area contributed by atoms with Crippen LogP contribution in [0.3, 0.4) is 0 Å². The van der Waals surface area contributed by atoms with Gasteiger partial charge in [0.2, 0.25) is 0 Å². The third-order valence-electron chi connectivity index (χ3n) is 1.86. The molecule has 1 fully saturated rings. The molecule has 1 rings (SSSR count). The van der Waals surface area contributed by atoms with Gasteiger partial charge in [0.25, 0.3) is 0 Å². The van der Waals surface area contributed by atoms with E-state index in [1.54, 1.807) is 11.8 Å². The molecule has 0 aromatic carbocycles. The molecule has 0 aromatic heterocycles. The van der Waals surface area contributed by atoms with E-state index >= 15 is 0 Å². The van der Waals surface area contributed by atoms with Crippen LogP contribution in [0.4, 0.5) is 0 Å². The van der Waals surface area contributed by atoms with Gasteiger partial charge in [-0.1, -0.05) is 29.1 Å². The molecule has 0 radical (unpaired) electrons. The molecule has 1 atom stereocenters. The Morgan fingerprint density at radius 1 is 1.91 bits per heavy atom. The van der Waals surface area contributed by atoms with Crippen molar-refractivity contribution in [2.45, 2.75) is 12.5 Å². The number of oxime groups is 1. The van der Waals surface area contributed by atoms with Gasteiger partial charge in [0, 0.05) is 12.8 Å². The molecule has 1 saturated heterocycles. The van der Waals surface area contributed by atoms with E-state index in [0.717, 1.165) is 10.1 Å². The second-order valence-corrected chi connectivity index (χ2v) is 4.32. The lowest BCUT2D eigenvalue weighted by molar-refractivity contribution is 0.305. The molecular formula is C6H10N2OS2. The smallest absolute Gasteiger partial charge is 0.136 e. The highest BCUT2D eigenvalue weighted by Crippen LogP contribution is 2.29. The summed E-state index contributed by atoms with van der Waals surface area (Å²) in [5.74, 6) is 0.854. The van der Waals surface area contributed by atoms with Gasteiger partial charge in [-0.3, -0.25) is 0 Å². The van der Waals surface area contributed by atoms with Crippen molar-refractivity contribution < 1.29 is 5.21 Å². The maximum Gasteiger partial charge on any atom is 0.136 e. The lowest BCUT2D eigenvalue weighted by atomic mass is 10.1. The zero-order valence-corrected chi connectivity index (χ0v) is 8.08. The Kier molecular flexibility index (Phi) is 2.39. The second kappa shape index (κ2) is 2.98. The molecular weight excluding hydrogens is 180 g/mol. The molecule has 1 aliphatic rings. The molecule has 11 heavy (non-hydrogen) atoms. The topological polar surface area (TPSA) is 35.8 Å². The minimum absolute atomic E-state index is 0.212. The first-order valence-corrected chi connectivity index (χ1v) is 4.59. The highest BCUT2D eigenvalue weighted by Gasteiger charge is 2.36. The molecule has 1 aliphatic heterocycles. The largest absolute Gasteiger partial charge is 0.411 e. The summed E-state index contributed by atoms with van der Waals surface area (Å²) in [6, 6.07) is 0. The van der Waals surface area contributed by atoms with Gasteiger partial charge in [0.05, 0.1) is 11.8 Å². The summed E-state index contributed by atoms with van der Waals surface area (Å²) in [5.41, 5.74) is -0.212. The monoisotopic (exact) mass is 190 g/mol. The van der Waals surface area contributed by atoms with Crippen LogP contribution >= 0.6 is 24.0 Å². The normalized spacial score (nSPS) is 32.2. The van der Waals surface area contributed by atoms with Crippen LogP contribution in [0.5, 0.6) is 0 Å². The van der Waals surface area contributed by atoms with Gasteiger partial charge in [0.15, 0.2) is 0 Å². The van der Waals surface area contributed by atoms with Crippen molar-refractivity contribution in [2.24, 2.45) is 5.16 Å². The van der Waals surface area contributed by atoms with Crippen molar-refractivity contribution >= 4 is 34.5 Å². The van der Waals surface area contributed by atoms with Crippen molar-refractivity contribution in [3.8, 4) is 0 Å². The van der Waals surface area contributed by atoms with Gasteiger partial charge in [0.1, 0.15) is 4.32 Å². The zero-order chi connectivity index (χ0) is 8.48. The van der Waals surface area contributed by atoms with Crippen LogP contribution < -0.4 is 0 Å².